The number of piperazine rings is 1. The van der Waals surface area contributed by atoms with E-state index in [0.717, 1.165) is 49.8 Å². The molecule has 3 aromatic rings. The Morgan fingerprint density at radius 3 is 2.22 bits per heavy atom. The maximum Gasteiger partial charge on any atom is 0.254 e. The number of benzene rings is 3. The number of hydrogen-bond acceptors (Lipinski definition) is 8. The first-order valence-corrected chi connectivity index (χ1v) is 22.1. The van der Waals surface area contributed by atoms with Gasteiger partial charge in [0.2, 0.25) is 11.8 Å². The molecular weight excluding hydrogens is 751 g/mol. The molecule has 10 nitrogen and oxygen atoms in total. The lowest BCUT2D eigenvalue weighted by Gasteiger charge is -2.54. The van der Waals surface area contributed by atoms with Crippen molar-refractivity contribution in [2.75, 3.05) is 63.9 Å². The number of phenols is 1. The number of carbonyl (C=O) groups excluding carboxylic acids is 3. The lowest BCUT2D eigenvalue weighted by atomic mass is 9.57. The second kappa shape index (κ2) is 19.0. The van der Waals surface area contributed by atoms with Gasteiger partial charge in [0.1, 0.15) is 11.8 Å². The van der Waals surface area contributed by atoms with E-state index in [-0.39, 0.29) is 24.3 Å². The van der Waals surface area contributed by atoms with Crippen molar-refractivity contribution in [2.45, 2.75) is 76.3 Å². The van der Waals surface area contributed by atoms with Crippen LogP contribution in [-0.4, -0.2) is 109 Å². The van der Waals surface area contributed by atoms with Crippen molar-refractivity contribution in [2.24, 2.45) is 11.3 Å². The molecule has 2 aliphatic carbocycles. The number of aromatic hydroxyl groups is 1. The first kappa shape index (κ1) is 41.5. The number of aryl methyl sites for hydroxylation is 2. The van der Waals surface area contributed by atoms with Crippen LogP contribution in [0.3, 0.4) is 0 Å². The van der Waals surface area contributed by atoms with Gasteiger partial charge in [0.05, 0.1) is 19.3 Å². The molecule has 3 saturated heterocycles. The Kier molecular flexibility index (Phi) is 13.2. The number of allylic oxidation sites excluding steroid dienone is 1. The number of hydrogen-bond donors (Lipinski definition) is 2. The fraction of sp³-hybridized carbons (Fsp3) is 0.460. The quantitative estimate of drug-likeness (QED) is 0.282. The normalized spacial score (nSPS) is 24.8. The number of nitrogens with one attached hydrogen (secondary N) is 1. The van der Waals surface area contributed by atoms with Crippen LogP contribution >= 0.6 is 0 Å². The van der Waals surface area contributed by atoms with Crippen LogP contribution in [0.25, 0.3) is 0 Å². The molecule has 316 valence electrons. The highest BCUT2D eigenvalue weighted by atomic mass is 16.5. The number of imide groups is 1. The Bertz CT molecular complexity index is 2020. The number of phenolic OH excluding ortho intramolecular Hbond substituents is 1. The summed E-state index contributed by atoms with van der Waals surface area (Å²) in [7, 11) is 0. The van der Waals surface area contributed by atoms with Gasteiger partial charge in [-0.15, -0.1) is 0 Å². The number of rotatable bonds is 4. The maximum atomic E-state index is 13.3. The molecule has 3 aromatic carbocycles. The summed E-state index contributed by atoms with van der Waals surface area (Å²) < 4.78 is 6.26. The van der Waals surface area contributed by atoms with Crippen molar-refractivity contribution >= 4 is 23.4 Å². The molecule has 1 saturated carbocycles. The number of para-hydroxylation sites is 1. The first-order chi connectivity index (χ1) is 29.2. The third kappa shape index (κ3) is 9.88. The zero-order valence-corrected chi connectivity index (χ0v) is 35.0. The Balaban J connectivity index is 0.000000241. The van der Waals surface area contributed by atoms with Crippen molar-refractivity contribution in [3.8, 4) is 5.75 Å². The SMILES string of the molecule is C=C1/C=C\C2=C(COCC3CN(CC4CC5(CCN(c6ccccc6)CC5)C4)CCN13)CN(C1CCC(=O)NC1=O)C2=O.Oc1ccc2c(c1)CCCC2.c1ccccc1. The van der Waals surface area contributed by atoms with Gasteiger partial charge in [-0.1, -0.05) is 67.2 Å². The number of carbonyl (C=O) groups is 3. The number of piperidine rings is 2. The molecule has 7 aliphatic rings. The van der Waals surface area contributed by atoms with E-state index in [1.807, 2.05) is 60.7 Å². The first-order valence-electron chi connectivity index (χ1n) is 22.1. The molecule has 3 amide bonds. The Morgan fingerprint density at radius 1 is 0.800 bits per heavy atom. The lowest BCUT2D eigenvalue weighted by molar-refractivity contribution is -0.142. The second-order valence-electron chi connectivity index (χ2n) is 17.8. The molecule has 0 radical (unpaired) electrons. The number of ether oxygens (including phenoxy) is 1. The average molecular weight is 812 g/mol. The van der Waals surface area contributed by atoms with Crippen LogP contribution in [0.15, 0.2) is 121 Å². The zero-order valence-electron chi connectivity index (χ0n) is 35.0. The smallest absolute Gasteiger partial charge is 0.254 e. The molecule has 2 atom stereocenters. The molecule has 5 aliphatic heterocycles. The summed E-state index contributed by atoms with van der Waals surface area (Å²) in [4.78, 5) is 46.5. The summed E-state index contributed by atoms with van der Waals surface area (Å²) in [6.45, 7) is 12.0. The van der Waals surface area contributed by atoms with Crippen molar-refractivity contribution in [3.63, 3.8) is 0 Å². The third-order valence-electron chi connectivity index (χ3n) is 13.7. The molecule has 4 fully saturated rings. The van der Waals surface area contributed by atoms with Crippen LogP contribution in [0.2, 0.25) is 0 Å². The highest BCUT2D eigenvalue weighted by molar-refractivity contribution is 6.06. The van der Waals surface area contributed by atoms with E-state index in [2.05, 4.69) is 56.9 Å². The van der Waals surface area contributed by atoms with E-state index in [4.69, 9.17) is 4.74 Å². The van der Waals surface area contributed by atoms with Gasteiger partial charge in [-0.25, -0.2) is 0 Å². The van der Waals surface area contributed by atoms with Crippen LogP contribution in [0, 0.1) is 11.3 Å². The molecule has 2 N–H and O–H groups in total. The van der Waals surface area contributed by atoms with Crippen LogP contribution in [0.4, 0.5) is 5.69 Å². The van der Waals surface area contributed by atoms with E-state index in [9.17, 15) is 19.5 Å². The Labute approximate surface area is 355 Å². The second-order valence-corrected chi connectivity index (χ2v) is 17.8. The molecular formula is C50H61N5O5. The molecule has 0 aromatic heterocycles. The van der Waals surface area contributed by atoms with E-state index >= 15 is 0 Å². The highest BCUT2D eigenvalue weighted by Gasteiger charge is 2.46. The van der Waals surface area contributed by atoms with E-state index < -0.39 is 11.9 Å². The Hall–Kier alpha value is -5.19. The number of anilines is 1. The third-order valence-corrected chi connectivity index (χ3v) is 13.7. The molecule has 1 spiro atoms. The number of amides is 3. The predicted octanol–water partition coefficient (Wildman–Crippen LogP) is 6.67. The van der Waals surface area contributed by atoms with E-state index in [1.54, 1.807) is 11.0 Å². The summed E-state index contributed by atoms with van der Waals surface area (Å²) in [5, 5.41) is 11.6. The molecule has 2 unspecified atom stereocenters. The summed E-state index contributed by atoms with van der Waals surface area (Å²) in [5.41, 5.74) is 7.03. The number of nitrogens with zero attached hydrogens (tertiary/aromatic N) is 4. The zero-order chi connectivity index (χ0) is 41.5. The molecule has 10 heteroatoms. The van der Waals surface area contributed by atoms with Crippen LogP contribution in [0.1, 0.15) is 62.5 Å². The molecule has 10 rings (SSSR count). The van der Waals surface area contributed by atoms with Gasteiger partial charge in [-0.05, 0) is 122 Å². The van der Waals surface area contributed by atoms with Gasteiger partial charge < -0.3 is 24.5 Å². The van der Waals surface area contributed by atoms with Crippen molar-refractivity contribution in [1.29, 1.82) is 0 Å². The average Bonchev–Trinajstić information content (AvgIpc) is 3.57. The number of fused-ring (bicyclic) bond motifs is 2. The lowest BCUT2D eigenvalue weighted by Crippen LogP contribution is -2.56. The fourth-order valence-electron chi connectivity index (χ4n) is 10.5. The van der Waals surface area contributed by atoms with Crippen LogP contribution < -0.4 is 10.2 Å². The molecule has 5 heterocycles. The van der Waals surface area contributed by atoms with E-state index in [0.29, 0.717) is 42.9 Å². The van der Waals surface area contributed by atoms with Crippen LogP contribution in [0.5, 0.6) is 5.75 Å². The van der Waals surface area contributed by atoms with Gasteiger partial charge in [-0.3, -0.25) is 24.6 Å². The standard InChI is InChI=1S/C34H43N5O4.C10H12O.C6H6/c1-24-7-8-29-26(20-39(33(29)42)30-9-10-31(40)35-32(30)41)22-43-23-28-21-36(15-16-38(24)28)19-25-17-34(18-25)11-13-37(14-12-34)27-5-3-2-4-6-27;11-10-6-5-8-3-1-2-4-9(8)7-10;1-2-4-6-5-3-1/h2-8,25,28,30H,1,9-23H2,(H,35,40,41);5-7,11H,1-4H2;1-6H/b8-7-;;. The fourth-order valence-corrected chi connectivity index (χ4v) is 10.5. The van der Waals surface area contributed by atoms with E-state index in [1.165, 1.54) is 74.8 Å². The molecule has 0 bridgehead atoms. The van der Waals surface area contributed by atoms with Gasteiger partial charge in [0.25, 0.3) is 5.91 Å². The summed E-state index contributed by atoms with van der Waals surface area (Å²) in [5.74, 6) is 0.331. The summed E-state index contributed by atoms with van der Waals surface area (Å²) in [6, 6.07) is 28.1. The summed E-state index contributed by atoms with van der Waals surface area (Å²) >= 11 is 0. The van der Waals surface area contributed by atoms with Gasteiger partial charge >= 0.3 is 0 Å². The monoisotopic (exact) mass is 811 g/mol. The molecule has 60 heavy (non-hydrogen) atoms. The Morgan fingerprint density at radius 2 is 1.50 bits per heavy atom. The van der Waals surface area contributed by atoms with Crippen molar-refractivity contribution in [1.82, 2.24) is 20.0 Å². The van der Waals surface area contributed by atoms with Gasteiger partial charge in [0.15, 0.2) is 0 Å². The van der Waals surface area contributed by atoms with Gasteiger partial charge in [-0.2, -0.15) is 0 Å². The van der Waals surface area contributed by atoms with Gasteiger partial charge in [0, 0.05) is 69.2 Å². The minimum Gasteiger partial charge on any atom is -0.508 e. The summed E-state index contributed by atoms with van der Waals surface area (Å²) in [6.07, 6.45) is 14.6. The minimum absolute atomic E-state index is 0.178. The maximum absolute atomic E-state index is 13.3. The highest BCUT2D eigenvalue weighted by Crippen LogP contribution is 2.53. The van der Waals surface area contributed by atoms with Crippen molar-refractivity contribution < 1.29 is 24.2 Å². The largest absolute Gasteiger partial charge is 0.508 e. The van der Waals surface area contributed by atoms with Crippen molar-refractivity contribution in [3.05, 3.63) is 132 Å². The minimum atomic E-state index is -0.624. The predicted molar refractivity (Wildman–Crippen MR) is 235 cm³/mol. The van der Waals surface area contributed by atoms with Crippen LogP contribution in [-0.2, 0) is 32.0 Å². The topological polar surface area (TPSA) is 106 Å².